The van der Waals surface area contributed by atoms with Gasteiger partial charge in [0.1, 0.15) is 24.6 Å². The summed E-state index contributed by atoms with van der Waals surface area (Å²) in [5, 5.41) is 0. The number of carbonyl (C=O) groups excluding carboxylic acids is 1. The van der Waals surface area contributed by atoms with Crippen LogP contribution < -0.4 is 9.47 Å². The van der Waals surface area contributed by atoms with Gasteiger partial charge in [0, 0.05) is 31.2 Å². The van der Waals surface area contributed by atoms with Crippen molar-refractivity contribution >= 4 is 5.91 Å². The summed E-state index contributed by atoms with van der Waals surface area (Å²) in [5.74, 6) is -2.72. The molecule has 0 aromatic heterocycles. The lowest BCUT2D eigenvalue weighted by molar-refractivity contribution is -0.898. The maximum atomic E-state index is 13.9. The van der Waals surface area contributed by atoms with E-state index in [-0.39, 0.29) is 61.0 Å². The van der Waals surface area contributed by atoms with E-state index in [9.17, 15) is 26.7 Å². The van der Waals surface area contributed by atoms with Gasteiger partial charge in [0.25, 0.3) is 0 Å². The second-order valence-corrected chi connectivity index (χ2v) is 8.42. The van der Waals surface area contributed by atoms with E-state index < -0.39 is 12.3 Å². The number of fused-ring (bicyclic) bond motifs is 1. The standard InChI is InChI=1S/C23H23F5NO3/c1-31-20-4-2-3-18-19(20)14-29(21(18)30,16-9-11-22(24,25)12-10-16)13-15-5-7-17(8-6-15)32-23(26,27)28/h2-8,16H,9-14H2,1H3/q+1. The normalized spacial score (nSPS) is 23.1. The molecular formula is C23H23F5NO3+. The van der Waals surface area contributed by atoms with Crippen molar-refractivity contribution in [3.8, 4) is 11.5 Å². The van der Waals surface area contributed by atoms with Crippen LogP contribution in [0, 0.1) is 0 Å². The molecule has 1 fully saturated rings. The highest BCUT2D eigenvalue weighted by atomic mass is 19.4. The fraction of sp³-hybridized carbons (Fsp3) is 0.435. The molecule has 0 bridgehead atoms. The maximum Gasteiger partial charge on any atom is 0.573 e. The molecule has 2 aliphatic rings. The van der Waals surface area contributed by atoms with E-state index in [1.807, 2.05) is 0 Å². The summed E-state index contributed by atoms with van der Waals surface area (Å²) < 4.78 is 74.4. The van der Waals surface area contributed by atoms with Crippen LogP contribution in [0.15, 0.2) is 42.5 Å². The van der Waals surface area contributed by atoms with Crippen LogP contribution in [0.25, 0.3) is 0 Å². The zero-order valence-electron chi connectivity index (χ0n) is 17.4. The lowest BCUT2D eigenvalue weighted by Gasteiger charge is -2.42. The molecular weight excluding hydrogens is 433 g/mol. The molecule has 1 unspecified atom stereocenters. The molecule has 9 heteroatoms. The van der Waals surface area contributed by atoms with E-state index in [0.717, 1.165) is 5.56 Å². The van der Waals surface area contributed by atoms with E-state index in [1.165, 1.54) is 31.4 Å². The predicted molar refractivity (Wildman–Crippen MR) is 105 cm³/mol. The monoisotopic (exact) mass is 456 g/mol. The summed E-state index contributed by atoms with van der Waals surface area (Å²) in [6.45, 7) is 0.467. The van der Waals surface area contributed by atoms with E-state index >= 15 is 0 Å². The van der Waals surface area contributed by atoms with Crippen molar-refractivity contribution in [3.63, 3.8) is 0 Å². The Labute approximate surface area is 182 Å². The molecule has 172 valence electrons. The number of halogens is 5. The first kappa shape index (κ1) is 22.5. The molecule has 2 aromatic carbocycles. The molecule has 1 atom stereocenters. The Kier molecular flexibility index (Phi) is 5.65. The lowest BCUT2D eigenvalue weighted by atomic mass is 9.89. The van der Waals surface area contributed by atoms with Crippen molar-refractivity contribution in [2.24, 2.45) is 0 Å². The summed E-state index contributed by atoms with van der Waals surface area (Å²) in [5.41, 5.74) is 1.85. The van der Waals surface area contributed by atoms with Crippen LogP contribution >= 0.6 is 0 Å². The average molecular weight is 456 g/mol. The number of rotatable bonds is 5. The largest absolute Gasteiger partial charge is 0.573 e. The fourth-order valence-electron chi connectivity index (χ4n) is 4.91. The average Bonchev–Trinajstić information content (AvgIpc) is 3.01. The van der Waals surface area contributed by atoms with Gasteiger partial charge in [-0.3, -0.25) is 0 Å². The van der Waals surface area contributed by atoms with Gasteiger partial charge in [-0.15, -0.1) is 13.2 Å². The molecule has 0 saturated heterocycles. The van der Waals surface area contributed by atoms with Gasteiger partial charge in [-0.1, -0.05) is 6.07 Å². The zero-order chi connectivity index (χ0) is 23.1. The summed E-state index contributed by atoms with van der Waals surface area (Å²) in [7, 11) is 1.51. The number of nitrogens with zero attached hydrogens (tertiary/aromatic N) is 1. The molecule has 1 aliphatic carbocycles. The van der Waals surface area contributed by atoms with Gasteiger partial charge in [0.15, 0.2) is 0 Å². The van der Waals surface area contributed by atoms with Crippen molar-refractivity contribution < 1.29 is 40.7 Å². The van der Waals surface area contributed by atoms with E-state index in [0.29, 0.717) is 16.9 Å². The summed E-state index contributed by atoms with van der Waals surface area (Å²) in [6.07, 6.45) is -5.02. The Bertz CT molecular complexity index is 996. The second-order valence-electron chi connectivity index (χ2n) is 8.42. The molecule has 1 saturated carbocycles. The van der Waals surface area contributed by atoms with E-state index in [4.69, 9.17) is 4.74 Å². The topological polar surface area (TPSA) is 35.5 Å². The van der Waals surface area contributed by atoms with E-state index in [2.05, 4.69) is 4.74 Å². The van der Waals surface area contributed by atoms with Crippen molar-refractivity contribution in [1.29, 1.82) is 0 Å². The van der Waals surface area contributed by atoms with Crippen molar-refractivity contribution in [2.45, 2.75) is 57.1 Å². The van der Waals surface area contributed by atoms with Gasteiger partial charge in [-0.2, -0.15) is 0 Å². The molecule has 1 amide bonds. The molecule has 1 heterocycles. The Morgan fingerprint density at radius 2 is 1.72 bits per heavy atom. The number of benzene rings is 2. The SMILES string of the molecule is COc1cccc2c1C[N+](Cc1ccc(OC(F)(F)F)cc1)(C1CCC(F)(F)CC1)C2=O. The molecule has 0 N–H and O–H groups in total. The van der Waals surface area contributed by atoms with Crippen LogP contribution in [0.5, 0.6) is 11.5 Å². The zero-order valence-corrected chi connectivity index (χ0v) is 17.4. The number of alkyl halides is 5. The summed E-state index contributed by atoms with van der Waals surface area (Å²) in [4.78, 5) is 13.7. The van der Waals surface area contributed by atoms with Gasteiger partial charge in [0.2, 0.25) is 5.92 Å². The van der Waals surface area contributed by atoms with Crippen molar-refractivity contribution in [3.05, 3.63) is 59.2 Å². The van der Waals surface area contributed by atoms with Gasteiger partial charge >= 0.3 is 12.3 Å². The maximum absolute atomic E-state index is 13.9. The number of quaternary nitrogens is 1. The lowest BCUT2D eigenvalue weighted by Crippen LogP contribution is -2.56. The fourth-order valence-corrected chi connectivity index (χ4v) is 4.91. The van der Waals surface area contributed by atoms with Gasteiger partial charge < -0.3 is 9.47 Å². The number of methoxy groups -OCH3 is 1. The number of carbonyl (C=O) groups is 1. The quantitative estimate of drug-likeness (QED) is 0.419. The smallest absolute Gasteiger partial charge is 0.496 e. The minimum Gasteiger partial charge on any atom is -0.496 e. The van der Waals surface area contributed by atoms with Crippen LogP contribution in [0.3, 0.4) is 0 Å². The number of hydrogen-bond acceptors (Lipinski definition) is 3. The molecule has 4 nitrogen and oxygen atoms in total. The van der Waals surface area contributed by atoms with Gasteiger partial charge in [-0.25, -0.2) is 18.1 Å². The van der Waals surface area contributed by atoms with Crippen LogP contribution in [-0.4, -0.2) is 35.8 Å². The highest BCUT2D eigenvalue weighted by Gasteiger charge is 2.54. The summed E-state index contributed by atoms with van der Waals surface area (Å²) >= 11 is 0. The molecule has 0 radical (unpaired) electrons. The minimum atomic E-state index is -4.80. The van der Waals surface area contributed by atoms with E-state index in [1.54, 1.807) is 18.2 Å². The Hall–Kier alpha value is -2.68. The van der Waals surface area contributed by atoms with Crippen LogP contribution in [0.1, 0.15) is 47.2 Å². The molecule has 2 aromatic rings. The number of ether oxygens (including phenoxy) is 2. The molecule has 1 aliphatic heterocycles. The van der Waals surface area contributed by atoms with Crippen LogP contribution in [0.2, 0.25) is 0 Å². The predicted octanol–water partition coefficient (Wildman–Crippen LogP) is 5.84. The van der Waals surface area contributed by atoms with Crippen LogP contribution in [-0.2, 0) is 13.1 Å². The minimum absolute atomic E-state index is 0.0781. The second kappa shape index (κ2) is 8.03. The Morgan fingerprint density at radius 1 is 1.06 bits per heavy atom. The third-order valence-electron chi connectivity index (χ3n) is 6.44. The third kappa shape index (κ3) is 4.30. The molecule has 32 heavy (non-hydrogen) atoms. The Balaban J connectivity index is 1.68. The van der Waals surface area contributed by atoms with Crippen molar-refractivity contribution in [1.82, 2.24) is 0 Å². The highest BCUT2D eigenvalue weighted by molar-refractivity contribution is 5.94. The number of hydrogen-bond donors (Lipinski definition) is 0. The Morgan fingerprint density at radius 3 is 2.31 bits per heavy atom. The third-order valence-corrected chi connectivity index (χ3v) is 6.44. The molecule has 0 spiro atoms. The first-order valence-corrected chi connectivity index (χ1v) is 10.3. The van der Waals surface area contributed by atoms with Crippen molar-refractivity contribution in [2.75, 3.05) is 7.11 Å². The van der Waals surface area contributed by atoms with Gasteiger partial charge in [-0.05, 0) is 36.4 Å². The van der Waals surface area contributed by atoms with Gasteiger partial charge in [0.05, 0.1) is 24.3 Å². The highest BCUT2D eigenvalue weighted by Crippen LogP contribution is 2.45. The van der Waals surface area contributed by atoms with Crippen LogP contribution in [0.4, 0.5) is 22.0 Å². The molecule has 4 rings (SSSR count). The summed E-state index contributed by atoms with van der Waals surface area (Å²) in [6, 6.07) is 10.2. The first-order valence-electron chi connectivity index (χ1n) is 10.3. The first-order chi connectivity index (χ1) is 15.0. The number of amides is 1.